The van der Waals surface area contributed by atoms with Gasteiger partial charge >= 0.3 is 0 Å². The average Bonchev–Trinajstić information content (AvgIpc) is 2.80. The van der Waals surface area contributed by atoms with Crippen LogP contribution in [0, 0.1) is 55.4 Å². The van der Waals surface area contributed by atoms with Crippen LogP contribution in [0.15, 0.2) is 0 Å². The summed E-state index contributed by atoms with van der Waals surface area (Å²) in [5.41, 5.74) is 18.0. The molecule has 2 aromatic carbocycles. The van der Waals surface area contributed by atoms with Gasteiger partial charge in [-0.25, -0.2) is 0 Å². The molecule has 0 radical (unpaired) electrons. The van der Waals surface area contributed by atoms with E-state index in [0.29, 0.717) is 6.71 Å². The van der Waals surface area contributed by atoms with Gasteiger partial charge in [-0.2, -0.15) is 0 Å². The van der Waals surface area contributed by atoms with Crippen LogP contribution in [-0.2, 0) is 0 Å². The highest BCUT2D eigenvalue weighted by atomic mass is 14.3. The first kappa shape index (κ1) is 15.4. The zero-order chi connectivity index (χ0) is 16.5. The predicted molar refractivity (Wildman–Crippen MR) is 101 cm³/mol. The Hall–Kier alpha value is -1.50. The SMILES string of the molecule is CB1c2c(C)c(C)c(C)c(C)c2-c2c(C)c(C)c(C)c(C)c21. The zero-order valence-electron chi connectivity index (χ0n) is 15.6. The van der Waals surface area contributed by atoms with E-state index in [1.165, 1.54) is 55.6 Å². The van der Waals surface area contributed by atoms with Crippen molar-refractivity contribution in [2.75, 3.05) is 0 Å². The Balaban J connectivity index is 2.56. The van der Waals surface area contributed by atoms with Crippen LogP contribution in [0.5, 0.6) is 0 Å². The lowest BCUT2D eigenvalue weighted by atomic mass is 9.43. The van der Waals surface area contributed by atoms with E-state index in [9.17, 15) is 0 Å². The fourth-order valence-electron chi connectivity index (χ4n) is 4.55. The molecule has 1 heteroatoms. The third kappa shape index (κ3) is 1.66. The van der Waals surface area contributed by atoms with E-state index in [1.54, 1.807) is 10.9 Å². The summed E-state index contributed by atoms with van der Waals surface area (Å²) in [6, 6.07) is 0. The molecule has 1 heterocycles. The molecule has 0 saturated heterocycles. The molecule has 0 aliphatic carbocycles. The van der Waals surface area contributed by atoms with Crippen molar-refractivity contribution < 1.29 is 0 Å². The molecule has 0 N–H and O–H groups in total. The second kappa shape index (κ2) is 4.75. The highest BCUT2D eigenvalue weighted by Gasteiger charge is 2.35. The van der Waals surface area contributed by atoms with Crippen LogP contribution in [0.1, 0.15) is 44.5 Å². The Labute approximate surface area is 136 Å². The van der Waals surface area contributed by atoms with Gasteiger partial charge in [0, 0.05) is 0 Å². The van der Waals surface area contributed by atoms with E-state index in [0.717, 1.165) is 0 Å². The molecule has 0 bridgehead atoms. The molecule has 0 aromatic heterocycles. The Morgan fingerprint density at radius 2 is 0.682 bits per heavy atom. The molecule has 3 rings (SSSR count). The monoisotopic (exact) mass is 290 g/mol. The molecule has 22 heavy (non-hydrogen) atoms. The van der Waals surface area contributed by atoms with Gasteiger partial charge in [0.1, 0.15) is 0 Å². The molecule has 0 nitrogen and oxygen atoms in total. The fourth-order valence-corrected chi connectivity index (χ4v) is 4.55. The standard InChI is InChI=1S/C21H27B/c1-10-12(3)16(7)20-18(14(10)5)19-15(6)11(2)13(4)17(8)21(19)22(20)9/h1-9H3. The number of rotatable bonds is 0. The van der Waals surface area contributed by atoms with Crippen molar-refractivity contribution in [2.45, 2.75) is 62.2 Å². The van der Waals surface area contributed by atoms with Crippen molar-refractivity contribution in [3.8, 4) is 11.1 Å². The van der Waals surface area contributed by atoms with E-state index in [-0.39, 0.29) is 0 Å². The molecule has 0 amide bonds. The second-order valence-corrected chi connectivity index (χ2v) is 7.30. The lowest BCUT2D eigenvalue weighted by Crippen LogP contribution is -2.38. The molecule has 0 fully saturated rings. The summed E-state index contributed by atoms with van der Waals surface area (Å²) in [6.07, 6.45) is 0. The molecule has 0 spiro atoms. The Morgan fingerprint density at radius 1 is 0.409 bits per heavy atom. The van der Waals surface area contributed by atoms with Gasteiger partial charge in [-0.1, -0.05) is 28.9 Å². The minimum absolute atomic E-state index is 0.515. The van der Waals surface area contributed by atoms with E-state index in [2.05, 4.69) is 62.2 Å². The third-order valence-corrected chi connectivity index (χ3v) is 6.59. The lowest BCUT2D eigenvalue weighted by Gasteiger charge is -2.19. The first-order valence-electron chi connectivity index (χ1n) is 8.40. The number of hydrogen-bond acceptors (Lipinski definition) is 0. The molecular weight excluding hydrogens is 263 g/mol. The van der Waals surface area contributed by atoms with Crippen LogP contribution >= 0.6 is 0 Å². The van der Waals surface area contributed by atoms with Crippen LogP contribution in [0.3, 0.4) is 0 Å². The van der Waals surface area contributed by atoms with E-state index < -0.39 is 0 Å². The van der Waals surface area contributed by atoms with Crippen molar-refractivity contribution in [3.05, 3.63) is 44.5 Å². The van der Waals surface area contributed by atoms with Crippen LogP contribution < -0.4 is 10.9 Å². The van der Waals surface area contributed by atoms with Crippen LogP contribution in [0.4, 0.5) is 0 Å². The van der Waals surface area contributed by atoms with Crippen molar-refractivity contribution in [1.82, 2.24) is 0 Å². The predicted octanol–water partition coefficient (Wildman–Crippen LogP) is 4.37. The Bertz CT molecular complexity index is 756. The highest BCUT2D eigenvalue weighted by molar-refractivity contribution is 6.89. The summed E-state index contributed by atoms with van der Waals surface area (Å²) in [4.78, 5) is 0. The molecule has 114 valence electrons. The molecule has 0 atom stereocenters. The van der Waals surface area contributed by atoms with E-state index in [4.69, 9.17) is 0 Å². The highest BCUT2D eigenvalue weighted by Crippen LogP contribution is 2.37. The summed E-state index contributed by atoms with van der Waals surface area (Å²) in [7, 11) is 0. The topological polar surface area (TPSA) is 0 Å². The largest absolute Gasteiger partial charge is 0.208 e. The van der Waals surface area contributed by atoms with E-state index >= 15 is 0 Å². The van der Waals surface area contributed by atoms with Gasteiger partial charge in [0.25, 0.3) is 0 Å². The lowest BCUT2D eigenvalue weighted by molar-refractivity contribution is 1.22. The number of benzene rings is 2. The zero-order valence-corrected chi connectivity index (χ0v) is 15.6. The van der Waals surface area contributed by atoms with Gasteiger partial charge in [0.2, 0.25) is 6.71 Å². The first-order chi connectivity index (χ1) is 10.2. The molecule has 0 unspecified atom stereocenters. The number of hydrogen-bond donors (Lipinski definition) is 0. The van der Waals surface area contributed by atoms with Crippen molar-refractivity contribution >= 4 is 17.6 Å². The summed E-state index contributed by atoms with van der Waals surface area (Å²) in [5.74, 6) is 0. The summed E-state index contributed by atoms with van der Waals surface area (Å²) in [5, 5.41) is 0. The van der Waals surface area contributed by atoms with Gasteiger partial charge in [0.05, 0.1) is 0 Å². The summed E-state index contributed by atoms with van der Waals surface area (Å²) in [6.45, 7) is 21.3. The molecule has 1 aliphatic rings. The van der Waals surface area contributed by atoms with Crippen molar-refractivity contribution in [2.24, 2.45) is 0 Å². The maximum atomic E-state index is 2.40. The average molecular weight is 290 g/mol. The fraction of sp³-hybridized carbons (Fsp3) is 0.429. The smallest absolute Gasteiger partial charge is 0.0773 e. The van der Waals surface area contributed by atoms with Gasteiger partial charge in [0.15, 0.2) is 0 Å². The summed E-state index contributed by atoms with van der Waals surface area (Å²) < 4.78 is 0. The molecule has 1 aliphatic heterocycles. The third-order valence-electron chi connectivity index (χ3n) is 6.59. The molecular formula is C21H27B. The maximum absolute atomic E-state index is 2.40. The Kier molecular flexibility index (Phi) is 3.32. The van der Waals surface area contributed by atoms with Crippen molar-refractivity contribution in [1.29, 1.82) is 0 Å². The van der Waals surface area contributed by atoms with E-state index in [1.807, 2.05) is 0 Å². The van der Waals surface area contributed by atoms with Crippen molar-refractivity contribution in [3.63, 3.8) is 0 Å². The quantitative estimate of drug-likeness (QED) is 0.632. The number of fused-ring (bicyclic) bond motifs is 3. The molecule has 2 aromatic rings. The minimum Gasteiger partial charge on any atom is -0.0773 e. The second-order valence-electron chi connectivity index (χ2n) is 7.30. The van der Waals surface area contributed by atoms with Gasteiger partial charge in [-0.05, 0) is 99.9 Å². The minimum atomic E-state index is 0.515. The van der Waals surface area contributed by atoms with Crippen LogP contribution in [-0.4, -0.2) is 6.71 Å². The molecule has 0 saturated carbocycles. The van der Waals surface area contributed by atoms with Gasteiger partial charge in [-0.15, -0.1) is 0 Å². The Morgan fingerprint density at radius 3 is 1.00 bits per heavy atom. The summed E-state index contributed by atoms with van der Waals surface area (Å²) >= 11 is 0. The van der Waals surface area contributed by atoms with Gasteiger partial charge in [-0.3, -0.25) is 0 Å². The van der Waals surface area contributed by atoms with Crippen LogP contribution in [0.25, 0.3) is 11.1 Å². The first-order valence-corrected chi connectivity index (χ1v) is 8.40. The van der Waals surface area contributed by atoms with Gasteiger partial charge < -0.3 is 0 Å². The normalized spacial score (nSPS) is 12.7. The maximum Gasteiger partial charge on any atom is 0.208 e. The van der Waals surface area contributed by atoms with Crippen LogP contribution in [0.2, 0.25) is 6.82 Å².